The van der Waals surface area contributed by atoms with E-state index in [0.29, 0.717) is 16.7 Å². The van der Waals surface area contributed by atoms with E-state index < -0.39 is 17.5 Å². The van der Waals surface area contributed by atoms with Crippen molar-refractivity contribution in [3.8, 4) is 16.9 Å². The summed E-state index contributed by atoms with van der Waals surface area (Å²) < 4.78 is 13.2. The molecule has 0 fully saturated rings. The molecule has 2 aromatic carbocycles. The molecule has 0 bridgehead atoms. The van der Waals surface area contributed by atoms with Crippen molar-refractivity contribution in [3.05, 3.63) is 53.8 Å². The maximum atomic E-state index is 13.2. The normalized spacial score (nSPS) is 10.2. The summed E-state index contributed by atoms with van der Waals surface area (Å²) in [5, 5.41) is 9.10. The minimum absolute atomic E-state index is 0.317. The third kappa shape index (κ3) is 2.10. The fraction of sp³-hybridized carbons (Fsp3) is 0. The van der Waals surface area contributed by atoms with E-state index in [1.54, 1.807) is 24.3 Å². The molecule has 0 spiro atoms. The highest BCUT2D eigenvalue weighted by molar-refractivity contribution is 5.99. The number of amides is 1. The highest BCUT2D eigenvalue weighted by Gasteiger charge is 2.10. The first-order chi connectivity index (χ1) is 8.09. The van der Waals surface area contributed by atoms with E-state index in [0.717, 1.165) is 6.07 Å². The maximum absolute atomic E-state index is 13.2. The third-order valence-electron chi connectivity index (χ3n) is 2.45. The van der Waals surface area contributed by atoms with Crippen LogP contribution < -0.4 is 5.73 Å². The Kier molecular flexibility index (Phi) is 2.78. The molecule has 4 heteroatoms. The third-order valence-corrected chi connectivity index (χ3v) is 2.45. The van der Waals surface area contributed by atoms with E-state index >= 15 is 0 Å². The molecule has 0 saturated heterocycles. The number of primary amides is 1. The molecule has 0 radical (unpaired) electrons. The van der Waals surface area contributed by atoms with Gasteiger partial charge in [0.1, 0.15) is 0 Å². The van der Waals surface area contributed by atoms with Gasteiger partial charge in [-0.2, -0.15) is 0 Å². The van der Waals surface area contributed by atoms with Crippen molar-refractivity contribution in [2.45, 2.75) is 0 Å². The molecule has 2 rings (SSSR count). The number of benzene rings is 2. The van der Waals surface area contributed by atoms with Crippen LogP contribution in [0.4, 0.5) is 4.39 Å². The van der Waals surface area contributed by atoms with Crippen molar-refractivity contribution in [3.63, 3.8) is 0 Å². The first-order valence-corrected chi connectivity index (χ1v) is 4.97. The van der Waals surface area contributed by atoms with Crippen molar-refractivity contribution in [1.29, 1.82) is 0 Å². The Bertz CT molecular complexity index is 581. The van der Waals surface area contributed by atoms with Crippen molar-refractivity contribution in [1.82, 2.24) is 0 Å². The van der Waals surface area contributed by atoms with Gasteiger partial charge in [0, 0.05) is 5.56 Å². The van der Waals surface area contributed by atoms with Crippen LogP contribution in [0.25, 0.3) is 11.1 Å². The van der Waals surface area contributed by atoms with Crippen LogP contribution in [0.5, 0.6) is 5.75 Å². The lowest BCUT2D eigenvalue weighted by molar-refractivity contribution is 0.100. The van der Waals surface area contributed by atoms with Crippen LogP contribution in [0.1, 0.15) is 10.4 Å². The van der Waals surface area contributed by atoms with Crippen LogP contribution in [0.15, 0.2) is 42.5 Å². The van der Waals surface area contributed by atoms with Crippen molar-refractivity contribution in [2.75, 3.05) is 0 Å². The fourth-order valence-electron chi connectivity index (χ4n) is 1.62. The van der Waals surface area contributed by atoms with E-state index in [1.807, 2.05) is 0 Å². The average molecular weight is 231 g/mol. The molecule has 1 amide bonds. The molecule has 86 valence electrons. The molecule has 0 unspecified atom stereocenters. The number of rotatable bonds is 2. The predicted octanol–water partition coefficient (Wildman–Crippen LogP) is 2.30. The van der Waals surface area contributed by atoms with Crippen molar-refractivity contribution in [2.24, 2.45) is 5.73 Å². The molecule has 0 aromatic heterocycles. The van der Waals surface area contributed by atoms with Gasteiger partial charge < -0.3 is 10.8 Å². The molecule has 0 aliphatic heterocycles. The Hall–Kier alpha value is -2.36. The standard InChI is InChI=1S/C13H10FNO2/c14-11-7-8(5-6-12(11)16)9-3-1-2-4-10(9)13(15)17/h1-7,16H,(H2,15,17). The SMILES string of the molecule is NC(=O)c1ccccc1-c1ccc(O)c(F)c1. The Balaban J connectivity index is 2.60. The molecule has 0 heterocycles. The van der Waals surface area contributed by atoms with E-state index in [1.165, 1.54) is 12.1 Å². The van der Waals surface area contributed by atoms with Gasteiger partial charge in [0.05, 0.1) is 0 Å². The molecular formula is C13H10FNO2. The number of nitrogens with two attached hydrogens (primary N) is 1. The second-order valence-electron chi connectivity index (χ2n) is 3.58. The second kappa shape index (κ2) is 4.25. The van der Waals surface area contributed by atoms with Crippen LogP contribution in [0, 0.1) is 5.82 Å². The minimum atomic E-state index is -0.734. The number of aromatic hydroxyl groups is 1. The van der Waals surface area contributed by atoms with Gasteiger partial charge in [-0.1, -0.05) is 24.3 Å². The summed E-state index contributed by atoms with van der Waals surface area (Å²) in [5.74, 6) is -1.74. The Morgan fingerprint density at radius 1 is 1.18 bits per heavy atom. The van der Waals surface area contributed by atoms with Gasteiger partial charge in [-0.15, -0.1) is 0 Å². The van der Waals surface area contributed by atoms with Gasteiger partial charge in [-0.3, -0.25) is 4.79 Å². The predicted molar refractivity (Wildman–Crippen MR) is 62.0 cm³/mol. The van der Waals surface area contributed by atoms with E-state index in [9.17, 15) is 9.18 Å². The second-order valence-corrected chi connectivity index (χ2v) is 3.58. The molecule has 2 aromatic rings. The lowest BCUT2D eigenvalue weighted by atomic mass is 9.99. The van der Waals surface area contributed by atoms with Crippen molar-refractivity contribution >= 4 is 5.91 Å². The maximum Gasteiger partial charge on any atom is 0.249 e. The largest absolute Gasteiger partial charge is 0.505 e. The smallest absolute Gasteiger partial charge is 0.249 e. The molecule has 3 nitrogen and oxygen atoms in total. The average Bonchev–Trinajstić information content (AvgIpc) is 2.32. The summed E-state index contributed by atoms with van der Waals surface area (Å²) in [5.41, 5.74) is 6.59. The monoisotopic (exact) mass is 231 g/mol. The number of hydrogen-bond donors (Lipinski definition) is 2. The van der Waals surface area contributed by atoms with Crippen molar-refractivity contribution < 1.29 is 14.3 Å². The molecule has 0 saturated carbocycles. The summed E-state index contributed by atoms with van der Waals surface area (Å²) in [4.78, 5) is 11.2. The first-order valence-electron chi connectivity index (χ1n) is 4.97. The number of halogens is 1. The molecule has 0 aliphatic rings. The molecule has 17 heavy (non-hydrogen) atoms. The minimum Gasteiger partial charge on any atom is -0.505 e. The highest BCUT2D eigenvalue weighted by atomic mass is 19.1. The summed E-state index contributed by atoms with van der Waals surface area (Å²) in [6.07, 6.45) is 0. The van der Waals surface area contributed by atoms with Gasteiger partial charge in [0.2, 0.25) is 5.91 Å². The van der Waals surface area contributed by atoms with E-state index in [-0.39, 0.29) is 0 Å². The van der Waals surface area contributed by atoms with Gasteiger partial charge >= 0.3 is 0 Å². The Morgan fingerprint density at radius 2 is 1.88 bits per heavy atom. The topological polar surface area (TPSA) is 63.3 Å². The zero-order valence-electron chi connectivity index (χ0n) is 8.85. The number of carbonyl (C=O) groups is 1. The summed E-state index contributed by atoms with van der Waals surface area (Å²) in [7, 11) is 0. The Labute approximate surface area is 97.3 Å². The van der Waals surface area contributed by atoms with E-state index in [2.05, 4.69) is 0 Å². The number of carbonyl (C=O) groups excluding carboxylic acids is 1. The van der Waals surface area contributed by atoms with Gasteiger partial charge in [-0.25, -0.2) is 4.39 Å². The summed E-state index contributed by atoms with van der Waals surface area (Å²) in [6, 6.07) is 10.6. The van der Waals surface area contributed by atoms with Gasteiger partial charge in [-0.05, 0) is 29.3 Å². The highest BCUT2D eigenvalue weighted by Crippen LogP contribution is 2.27. The fourth-order valence-corrected chi connectivity index (χ4v) is 1.62. The number of phenolic OH excluding ortho intramolecular Hbond substituents is 1. The molecule has 0 aliphatic carbocycles. The van der Waals surface area contributed by atoms with Gasteiger partial charge in [0.15, 0.2) is 11.6 Å². The van der Waals surface area contributed by atoms with Gasteiger partial charge in [0.25, 0.3) is 0 Å². The Morgan fingerprint density at radius 3 is 2.53 bits per heavy atom. The number of hydrogen-bond acceptors (Lipinski definition) is 2. The van der Waals surface area contributed by atoms with Crippen LogP contribution in [-0.2, 0) is 0 Å². The number of phenols is 1. The molecule has 0 atom stereocenters. The first kappa shape index (κ1) is 11.1. The van der Waals surface area contributed by atoms with Crippen LogP contribution in [-0.4, -0.2) is 11.0 Å². The zero-order valence-corrected chi connectivity index (χ0v) is 8.85. The molecule has 3 N–H and O–H groups in total. The lowest BCUT2D eigenvalue weighted by Crippen LogP contribution is -2.12. The summed E-state index contributed by atoms with van der Waals surface area (Å²) >= 11 is 0. The molecular weight excluding hydrogens is 221 g/mol. The van der Waals surface area contributed by atoms with Crippen LogP contribution >= 0.6 is 0 Å². The quantitative estimate of drug-likeness (QED) is 0.832. The van der Waals surface area contributed by atoms with Crippen LogP contribution in [0.2, 0.25) is 0 Å². The van der Waals surface area contributed by atoms with Crippen LogP contribution in [0.3, 0.4) is 0 Å². The van der Waals surface area contributed by atoms with E-state index in [4.69, 9.17) is 10.8 Å². The zero-order chi connectivity index (χ0) is 12.4. The lowest BCUT2D eigenvalue weighted by Gasteiger charge is -2.07. The summed E-state index contributed by atoms with van der Waals surface area (Å²) in [6.45, 7) is 0.